The molecule has 0 saturated heterocycles. The SMILES string of the molecule is CSCC(=O)NC=O.Cc1ccc(OCc2nc3ccccc3c(=O)n2C)cc1. The number of hydrogen-bond acceptors (Lipinski definition) is 6. The van der Waals surface area contributed by atoms with E-state index >= 15 is 0 Å². The Morgan fingerprint density at radius 3 is 2.55 bits per heavy atom. The molecule has 0 unspecified atom stereocenters. The minimum atomic E-state index is -0.243. The Labute approximate surface area is 173 Å². The predicted molar refractivity (Wildman–Crippen MR) is 115 cm³/mol. The summed E-state index contributed by atoms with van der Waals surface area (Å²) in [5.74, 6) is 1.48. The maximum atomic E-state index is 12.3. The van der Waals surface area contributed by atoms with Crippen LogP contribution in [0, 0.1) is 6.92 Å². The molecular weight excluding hydrogens is 390 g/mol. The third-order valence-electron chi connectivity index (χ3n) is 3.96. The molecule has 2 amide bonds. The predicted octanol–water partition coefficient (Wildman–Crippen LogP) is 2.44. The molecule has 0 atom stereocenters. The Bertz CT molecular complexity index is 1030. The smallest absolute Gasteiger partial charge is 0.261 e. The number of carbonyl (C=O) groups is 2. The van der Waals surface area contributed by atoms with Gasteiger partial charge in [0, 0.05) is 7.05 Å². The lowest BCUT2D eigenvalue weighted by Crippen LogP contribution is -2.23. The molecule has 2 aromatic carbocycles. The Hall–Kier alpha value is -3.13. The topological polar surface area (TPSA) is 90.3 Å². The monoisotopic (exact) mass is 413 g/mol. The molecule has 0 fully saturated rings. The molecule has 0 saturated carbocycles. The highest BCUT2D eigenvalue weighted by Crippen LogP contribution is 2.14. The van der Waals surface area contributed by atoms with Crippen LogP contribution >= 0.6 is 11.8 Å². The molecule has 0 bridgehead atoms. The molecule has 0 radical (unpaired) electrons. The lowest BCUT2D eigenvalue weighted by atomic mass is 10.2. The minimum Gasteiger partial charge on any atom is -0.486 e. The average molecular weight is 413 g/mol. The highest BCUT2D eigenvalue weighted by atomic mass is 32.2. The summed E-state index contributed by atoms with van der Waals surface area (Å²) in [6.07, 6.45) is 2.18. The number of nitrogens with zero attached hydrogens (tertiary/aromatic N) is 2. The molecule has 1 N–H and O–H groups in total. The highest BCUT2D eigenvalue weighted by molar-refractivity contribution is 7.99. The van der Waals surface area contributed by atoms with Gasteiger partial charge in [-0.1, -0.05) is 29.8 Å². The number of ether oxygens (including phenoxy) is 1. The van der Waals surface area contributed by atoms with Crippen LogP contribution in [0.4, 0.5) is 0 Å². The quantitative estimate of drug-likeness (QED) is 0.625. The van der Waals surface area contributed by atoms with E-state index in [9.17, 15) is 14.4 Å². The van der Waals surface area contributed by atoms with Crippen LogP contribution in [0.2, 0.25) is 0 Å². The summed E-state index contributed by atoms with van der Waals surface area (Å²) >= 11 is 1.38. The second-order valence-corrected chi connectivity index (χ2v) is 7.00. The lowest BCUT2D eigenvalue weighted by Gasteiger charge is -2.10. The number of amides is 2. The van der Waals surface area contributed by atoms with Crippen LogP contribution < -0.4 is 15.6 Å². The van der Waals surface area contributed by atoms with E-state index in [-0.39, 0.29) is 18.1 Å². The van der Waals surface area contributed by atoms with Gasteiger partial charge in [0.15, 0.2) is 0 Å². The van der Waals surface area contributed by atoms with Gasteiger partial charge in [0.1, 0.15) is 18.2 Å². The van der Waals surface area contributed by atoms with Gasteiger partial charge in [-0.3, -0.25) is 24.3 Å². The lowest BCUT2D eigenvalue weighted by molar-refractivity contribution is -0.123. The third-order valence-corrected chi connectivity index (χ3v) is 4.51. The zero-order valence-electron chi connectivity index (χ0n) is 16.5. The van der Waals surface area contributed by atoms with Crippen molar-refractivity contribution in [2.24, 2.45) is 7.05 Å². The van der Waals surface area contributed by atoms with Gasteiger partial charge in [0.25, 0.3) is 5.56 Å². The van der Waals surface area contributed by atoms with E-state index < -0.39 is 0 Å². The maximum Gasteiger partial charge on any atom is 0.261 e. The number of para-hydroxylation sites is 1. The van der Waals surface area contributed by atoms with Crippen molar-refractivity contribution in [2.75, 3.05) is 12.0 Å². The van der Waals surface area contributed by atoms with Crippen molar-refractivity contribution >= 4 is 35.0 Å². The minimum absolute atomic E-state index is 0.0527. The summed E-state index contributed by atoms with van der Waals surface area (Å²) in [4.78, 5) is 36.6. The van der Waals surface area contributed by atoms with Crippen molar-refractivity contribution in [2.45, 2.75) is 13.5 Å². The third kappa shape index (κ3) is 6.46. The number of hydrogen-bond donors (Lipinski definition) is 1. The summed E-state index contributed by atoms with van der Waals surface area (Å²) in [5, 5.41) is 2.63. The summed E-state index contributed by atoms with van der Waals surface area (Å²) in [7, 11) is 1.72. The number of thioether (sulfide) groups is 1. The number of benzene rings is 2. The van der Waals surface area contributed by atoms with Crippen LogP contribution in [0.15, 0.2) is 53.3 Å². The van der Waals surface area contributed by atoms with E-state index in [4.69, 9.17) is 4.74 Å². The molecule has 8 heteroatoms. The molecule has 0 aliphatic rings. The molecule has 7 nitrogen and oxygen atoms in total. The zero-order valence-corrected chi connectivity index (χ0v) is 17.4. The van der Waals surface area contributed by atoms with E-state index in [0.29, 0.717) is 28.9 Å². The normalized spacial score (nSPS) is 10.0. The van der Waals surface area contributed by atoms with Gasteiger partial charge in [-0.15, -0.1) is 0 Å². The second-order valence-electron chi connectivity index (χ2n) is 6.13. The van der Waals surface area contributed by atoms with Crippen LogP contribution in [0.3, 0.4) is 0 Å². The van der Waals surface area contributed by atoms with E-state index in [1.54, 1.807) is 19.4 Å². The fraction of sp³-hybridized carbons (Fsp3) is 0.238. The van der Waals surface area contributed by atoms with Crippen LogP contribution in [0.1, 0.15) is 11.4 Å². The fourth-order valence-electron chi connectivity index (χ4n) is 2.41. The molecular formula is C21H23N3O4S. The first kappa shape index (κ1) is 22.2. The van der Waals surface area contributed by atoms with E-state index in [1.807, 2.05) is 54.7 Å². The van der Waals surface area contributed by atoms with Gasteiger partial charge < -0.3 is 4.74 Å². The Morgan fingerprint density at radius 1 is 1.21 bits per heavy atom. The van der Waals surface area contributed by atoms with Gasteiger partial charge in [0.2, 0.25) is 12.3 Å². The first-order valence-electron chi connectivity index (χ1n) is 8.82. The van der Waals surface area contributed by atoms with Crippen molar-refractivity contribution in [1.82, 2.24) is 14.9 Å². The maximum absolute atomic E-state index is 12.3. The fourth-order valence-corrected chi connectivity index (χ4v) is 2.76. The molecule has 3 rings (SSSR count). The number of fused-ring (bicyclic) bond motifs is 1. The molecule has 152 valence electrons. The standard InChI is InChI=1S/C17H16N2O2.C4H7NO2S/c1-12-7-9-13(10-8-12)21-11-16-18-15-6-4-3-5-14(15)17(20)19(16)2;1-8-2-4(7)5-3-6/h3-10H,11H2,1-2H3;3H,2H2,1H3,(H,5,6,7). The van der Waals surface area contributed by atoms with Crippen LogP contribution in [-0.4, -0.2) is 33.9 Å². The van der Waals surface area contributed by atoms with E-state index in [2.05, 4.69) is 4.98 Å². The summed E-state index contributed by atoms with van der Waals surface area (Å²) in [5.41, 5.74) is 1.82. The second kappa shape index (κ2) is 11.0. The van der Waals surface area contributed by atoms with Gasteiger partial charge in [0.05, 0.1) is 16.7 Å². The largest absolute Gasteiger partial charge is 0.486 e. The van der Waals surface area contributed by atoms with E-state index in [1.165, 1.54) is 21.9 Å². The number of carbonyl (C=O) groups excluding carboxylic acids is 2. The Kier molecular flexibility index (Phi) is 8.42. The number of aryl methyl sites for hydroxylation is 1. The van der Waals surface area contributed by atoms with Gasteiger partial charge >= 0.3 is 0 Å². The van der Waals surface area contributed by atoms with Crippen LogP contribution in [0.5, 0.6) is 5.75 Å². The Morgan fingerprint density at radius 2 is 1.90 bits per heavy atom. The molecule has 1 aromatic heterocycles. The molecule has 0 aliphatic carbocycles. The first-order valence-corrected chi connectivity index (χ1v) is 10.2. The zero-order chi connectivity index (χ0) is 21.2. The summed E-state index contributed by atoms with van der Waals surface area (Å²) < 4.78 is 7.25. The Balaban J connectivity index is 0.000000321. The highest BCUT2D eigenvalue weighted by Gasteiger charge is 2.08. The number of imide groups is 1. The number of nitrogens with one attached hydrogen (secondary N) is 1. The number of rotatable bonds is 6. The number of aromatic nitrogens is 2. The van der Waals surface area contributed by atoms with Crippen molar-refractivity contribution < 1.29 is 14.3 Å². The van der Waals surface area contributed by atoms with Crippen molar-refractivity contribution in [3.63, 3.8) is 0 Å². The van der Waals surface area contributed by atoms with Crippen LogP contribution in [0.25, 0.3) is 10.9 Å². The first-order chi connectivity index (χ1) is 14.0. The molecule has 3 aromatic rings. The summed E-state index contributed by atoms with van der Waals surface area (Å²) in [6.45, 7) is 2.29. The molecule has 1 heterocycles. The summed E-state index contributed by atoms with van der Waals surface area (Å²) in [6, 6.07) is 15.1. The molecule has 29 heavy (non-hydrogen) atoms. The average Bonchev–Trinajstić information content (AvgIpc) is 2.72. The molecule has 0 aliphatic heterocycles. The van der Waals surface area contributed by atoms with Crippen molar-refractivity contribution in [3.05, 3.63) is 70.3 Å². The van der Waals surface area contributed by atoms with Gasteiger partial charge in [-0.2, -0.15) is 11.8 Å². The molecule has 0 spiro atoms. The van der Waals surface area contributed by atoms with E-state index in [0.717, 1.165) is 5.75 Å². The van der Waals surface area contributed by atoms with Gasteiger partial charge in [-0.05, 0) is 37.4 Å². The van der Waals surface area contributed by atoms with Crippen molar-refractivity contribution in [1.29, 1.82) is 0 Å². The van der Waals surface area contributed by atoms with Crippen LogP contribution in [-0.2, 0) is 23.2 Å². The van der Waals surface area contributed by atoms with Gasteiger partial charge in [-0.25, -0.2) is 4.98 Å². The van der Waals surface area contributed by atoms with Crippen molar-refractivity contribution in [3.8, 4) is 5.75 Å².